The Labute approximate surface area is 90.7 Å². The lowest BCUT2D eigenvalue weighted by molar-refractivity contribution is -0.164. The number of nitrogens with zero attached hydrogens (tertiary/aromatic N) is 1. The molecule has 2 rings (SSSR count). The van der Waals surface area contributed by atoms with Crippen molar-refractivity contribution in [3.63, 3.8) is 0 Å². The SMILES string of the molecule is O=C1CCON1Cc1cccc(Br)c1. The van der Waals surface area contributed by atoms with Crippen molar-refractivity contribution in [3.05, 3.63) is 34.3 Å². The first-order valence-electron chi connectivity index (χ1n) is 4.43. The second-order valence-electron chi connectivity index (χ2n) is 3.14. The second kappa shape index (κ2) is 4.11. The van der Waals surface area contributed by atoms with Gasteiger partial charge in [-0.05, 0) is 17.7 Å². The van der Waals surface area contributed by atoms with Crippen molar-refractivity contribution in [2.45, 2.75) is 13.0 Å². The first-order chi connectivity index (χ1) is 6.75. The summed E-state index contributed by atoms with van der Waals surface area (Å²) in [6, 6.07) is 7.85. The number of hydroxylamine groups is 2. The maximum Gasteiger partial charge on any atom is 0.248 e. The Bertz CT molecular complexity index is 354. The van der Waals surface area contributed by atoms with E-state index in [-0.39, 0.29) is 5.91 Å². The molecule has 4 heteroatoms. The third kappa shape index (κ3) is 2.13. The van der Waals surface area contributed by atoms with Gasteiger partial charge in [0.2, 0.25) is 5.91 Å². The largest absolute Gasteiger partial charge is 0.272 e. The first kappa shape index (κ1) is 9.68. The molecule has 0 bridgehead atoms. The average Bonchev–Trinajstić information content (AvgIpc) is 2.52. The number of hydrogen-bond donors (Lipinski definition) is 0. The highest BCUT2D eigenvalue weighted by molar-refractivity contribution is 9.10. The van der Waals surface area contributed by atoms with Crippen molar-refractivity contribution in [1.82, 2.24) is 5.06 Å². The molecule has 0 spiro atoms. The van der Waals surface area contributed by atoms with E-state index in [1.165, 1.54) is 5.06 Å². The fourth-order valence-electron chi connectivity index (χ4n) is 1.37. The molecule has 1 fully saturated rings. The van der Waals surface area contributed by atoms with E-state index >= 15 is 0 Å². The van der Waals surface area contributed by atoms with Crippen LogP contribution in [0.15, 0.2) is 28.7 Å². The quantitative estimate of drug-likeness (QED) is 0.811. The Morgan fingerprint density at radius 1 is 1.50 bits per heavy atom. The topological polar surface area (TPSA) is 29.5 Å². The lowest BCUT2D eigenvalue weighted by Gasteiger charge is -2.13. The van der Waals surface area contributed by atoms with E-state index in [9.17, 15) is 4.79 Å². The van der Waals surface area contributed by atoms with Gasteiger partial charge in [0, 0.05) is 4.47 Å². The number of hydrogen-bond acceptors (Lipinski definition) is 2. The number of rotatable bonds is 2. The second-order valence-corrected chi connectivity index (χ2v) is 4.06. The van der Waals surface area contributed by atoms with Crippen LogP contribution in [-0.2, 0) is 16.2 Å². The summed E-state index contributed by atoms with van der Waals surface area (Å²) in [7, 11) is 0. The van der Waals surface area contributed by atoms with Gasteiger partial charge < -0.3 is 0 Å². The first-order valence-corrected chi connectivity index (χ1v) is 5.23. The van der Waals surface area contributed by atoms with Crippen LogP contribution >= 0.6 is 15.9 Å². The highest BCUT2D eigenvalue weighted by Gasteiger charge is 2.21. The van der Waals surface area contributed by atoms with Crippen molar-refractivity contribution >= 4 is 21.8 Å². The molecule has 1 aliphatic rings. The highest BCUT2D eigenvalue weighted by atomic mass is 79.9. The van der Waals surface area contributed by atoms with E-state index in [1.54, 1.807) is 0 Å². The van der Waals surface area contributed by atoms with Gasteiger partial charge in [0.25, 0.3) is 0 Å². The van der Waals surface area contributed by atoms with Gasteiger partial charge in [0.05, 0.1) is 19.6 Å². The van der Waals surface area contributed by atoms with Crippen LogP contribution in [0.3, 0.4) is 0 Å². The highest BCUT2D eigenvalue weighted by Crippen LogP contribution is 2.16. The molecular formula is C10H10BrNO2. The van der Waals surface area contributed by atoms with Crippen LogP contribution in [0.4, 0.5) is 0 Å². The summed E-state index contributed by atoms with van der Waals surface area (Å²) >= 11 is 3.38. The van der Waals surface area contributed by atoms with Crippen LogP contribution in [0, 0.1) is 0 Å². The summed E-state index contributed by atoms with van der Waals surface area (Å²) in [5.41, 5.74) is 1.06. The molecule has 0 aromatic heterocycles. The number of halogens is 1. The molecule has 1 aromatic rings. The smallest absolute Gasteiger partial charge is 0.248 e. The van der Waals surface area contributed by atoms with Gasteiger partial charge in [-0.1, -0.05) is 28.1 Å². The lowest BCUT2D eigenvalue weighted by Crippen LogP contribution is -2.22. The van der Waals surface area contributed by atoms with Crippen molar-refractivity contribution in [3.8, 4) is 0 Å². The minimum Gasteiger partial charge on any atom is -0.272 e. The van der Waals surface area contributed by atoms with Gasteiger partial charge in [0.15, 0.2) is 0 Å². The molecule has 1 aliphatic heterocycles. The van der Waals surface area contributed by atoms with Crippen molar-refractivity contribution in [2.24, 2.45) is 0 Å². The summed E-state index contributed by atoms with van der Waals surface area (Å²) in [6.07, 6.45) is 0.494. The van der Waals surface area contributed by atoms with E-state index in [1.807, 2.05) is 24.3 Å². The van der Waals surface area contributed by atoms with Gasteiger partial charge in [-0.15, -0.1) is 0 Å². The molecule has 0 atom stereocenters. The molecule has 1 amide bonds. The fraction of sp³-hybridized carbons (Fsp3) is 0.300. The van der Waals surface area contributed by atoms with Gasteiger partial charge in [0.1, 0.15) is 0 Å². The fourth-order valence-corrected chi connectivity index (χ4v) is 1.82. The normalized spacial score (nSPS) is 16.4. The molecule has 3 nitrogen and oxygen atoms in total. The molecule has 0 saturated carbocycles. The molecule has 1 aromatic carbocycles. The third-order valence-corrected chi connectivity index (χ3v) is 2.55. The summed E-state index contributed by atoms with van der Waals surface area (Å²) in [5, 5.41) is 1.42. The van der Waals surface area contributed by atoms with Gasteiger partial charge in [-0.2, -0.15) is 0 Å². The molecule has 74 valence electrons. The van der Waals surface area contributed by atoms with Gasteiger partial charge in [-0.3, -0.25) is 9.63 Å². The summed E-state index contributed by atoms with van der Waals surface area (Å²) in [5.74, 6) is 0.0602. The molecule has 0 aliphatic carbocycles. The third-order valence-electron chi connectivity index (χ3n) is 2.06. The summed E-state index contributed by atoms with van der Waals surface area (Å²) < 4.78 is 1.02. The minimum atomic E-state index is 0.0602. The van der Waals surface area contributed by atoms with Crippen molar-refractivity contribution in [2.75, 3.05) is 6.61 Å². The Hall–Kier alpha value is -0.870. The monoisotopic (exact) mass is 255 g/mol. The Morgan fingerprint density at radius 2 is 2.36 bits per heavy atom. The van der Waals surface area contributed by atoms with Crippen molar-refractivity contribution < 1.29 is 9.63 Å². The summed E-state index contributed by atoms with van der Waals surface area (Å²) in [6.45, 7) is 1.03. The molecule has 14 heavy (non-hydrogen) atoms. The lowest BCUT2D eigenvalue weighted by atomic mass is 10.2. The van der Waals surface area contributed by atoms with E-state index in [0.29, 0.717) is 19.6 Å². The predicted molar refractivity (Wildman–Crippen MR) is 55.3 cm³/mol. The van der Waals surface area contributed by atoms with Crippen LogP contribution in [-0.4, -0.2) is 17.6 Å². The maximum absolute atomic E-state index is 11.3. The van der Waals surface area contributed by atoms with E-state index < -0.39 is 0 Å². The van der Waals surface area contributed by atoms with Crippen LogP contribution in [0.1, 0.15) is 12.0 Å². The Kier molecular flexibility index (Phi) is 2.84. The van der Waals surface area contributed by atoms with E-state index in [4.69, 9.17) is 4.84 Å². The molecule has 0 unspecified atom stereocenters. The molecule has 1 saturated heterocycles. The Morgan fingerprint density at radius 3 is 3.00 bits per heavy atom. The molecule has 0 radical (unpaired) electrons. The summed E-state index contributed by atoms with van der Waals surface area (Å²) in [4.78, 5) is 16.4. The maximum atomic E-state index is 11.3. The average molecular weight is 256 g/mol. The number of amides is 1. The van der Waals surface area contributed by atoms with E-state index in [2.05, 4.69) is 15.9 Å². The number of carbonyl (C=O) groups is 1. The zero-order valence-corrected chi connectivity index (χ0v) is 9.16. The van der Waals surface area contributed by atoms with Crippen molar-refractivity contribution in [1.29, 1.82) is 0 Å². The van der Waals surface area contributed by atoms with Crippen LogP contribution in [0.5, 0.6) is 0 Å². The number of benzene rings is 1. The predicted octanol–water partition coefficient (Wildman–Crippen LogP) is 2.11. The van der Waals surface area contributed by atoms with Crippen LogP contribution < -0.4 is 0 Å². The Balaban J connectivity index is 2.07. The molecule has 0 N–H and O–H groups in total. The molecular weight excluding hydrogens is 246 g/mol. The standard InChI is InChI=1S/C10H10BrNO2/c11-9-3-1-2-8(6-9)7-12-10(13)4-5-14-12/h1-3,6H,4-5,7H2. The minimum absolute atomic E-state index is 0.0602. The van der Waals surface area contributed by atoms with Crippen LogP contribution in [0.2, 0.25) is 0 Å². The van der Waals surface area contributed by atoms with Gasteiger partial charge >= 0.3 is 0 Å². The van der Waals surface area contributed by atoms with E-state index in [0.717, 1.165) is 10.0 Å². The van der Waals surface area contributed by atoms with Crippen LogP contribution in [0.25, 0.3) is 0 Å². The zero-order valence-electron chi connectivity index (χ0n) is 7.57. The number of carbonyl (C=O) groups excluding carboxylic acids is 1. The zero-order chi connectivity index (χ0) is 9.97. The molecule has 1 heterocycles. The van der Waals surface area contributed by atoms with Gasteiger partial charge in [-0.25, -0.2) is 5.06 Å².